The topological polar surface area (TPSA) is 74.6 Å². The van der Waals surface area contributed by atoms with Gasteiger partial charge in [0.2, 0.25) is 5.43 Å². The molecule has 1 saturated heterocycles. The maximum atomic E-state index is 14.6. The normalized spacial score (nSPS) is 17.4. The molecule has 6 nitrogen and oxygen atoms in total. The summed E-state index contributed by atoms with van der Waals surface area (Å²) in [6, 6.07) is 3.06. The summed E-state index contributed by atoms with van der Waals surface area (Å²) < 4.78 is 16.3. The number of carbonyl (C=O) groups is 1. The number of carboxylic acid groups (broad SMARTS) is 1. The van der Waals surface area contributed by atoms with Crippen molar-refractivity contribution in [1.29, 1.82) is 0 Å². The molecule has 136 valence electrons. The van der Waals surface area contributed by atoms with Crippen LogP contribution in [0.25, 0.3) is 10.9 Å². The van der Waals surface area contributed by atoms with E-state index in [2.05, 4.69) is 5.32 Å². The Balaban J connectivity index is 0.00000225. The van der Waals surface area contributed by atoms with Gasteiger partial charge >= 0.3 is 5.97 Å². The minimum absolute atomic E-state index is 0. The number of rotatable bonds is 3. The number of benzene rings is 1. The van der Waals surface area contributed by atoms with Crippen LogP contribution in [0.1, 0.15) is 24.2 Å². The molecule has 0 radical (unpaired) electrons. The fraction of sp³-hybridized carbons (Fsp3) is 0.412. The van der Waals surface area contributed by atoms with Crippen LogP contribution in [-0.2, 0) is 6.54 Å². The summed E-state index contributed by atoms with van der Waals surface area (Å²) in [4.78, 5) is 25.5. The molecule has 2 N–H and O–H groups in total. The lowest BCUT2D eigenvalue weighted by Crippen LogP contribution is -2.49. The fourth-order valence-electron chi connectivity index (χ4n) is 3.21. The van der Waals surface area contributed by atoms with Crippen molar-refractivity contribution in [1.82, 2.24) is 9.88 Å². The number of fused-ring (bicyclic) bond motifs is 1. The van der Waals surface area contributed by atoms with Crippen LogP contribution in [0, 0.1) is 5.82 Å². The highest BCUT2D eigenvalue weighted by Crippen LogP contribution is 2.26. The molecule has 25 heavy (non-hydrogen) atoms. The second-order valence-corrected chi connectivity index (χ2v) is 6.09. The van der Waals surface area contributed by atoms with E-state index in [1.807, 2.05) is 18.7 Å². The molecule has 2 aromatic rings. The van der Waals surface area contributed by atoms with Gasteiger partial charge in [-0.25, -0.2) is 9.18 Å². The maximum Gasteiger partial charge on any atom is 0.341 e. The maximum absolute atomic E-state index is 14.6. The summed E-state index contributed by atoms with van der Waals surface area (Å²) in [5, 5.41) is 12.6. The van der Waals surface area contributed by atoms with Gasteiger partial charge in [-0.3, -0.25) is 4.79 Å². The van der Waals surface area contributed by atoms with Crippen molar-refractivity contribution in [2.75, 3.05) is 24.5 Å². The molecular formula is C17H21ClFN3O3. The summed E-state index contributed by atoms with van der Waals surface area (Å²) in [5.74, 6) is -1.80. The van der Waals surface area contributed by atoms with E-state index < -0.39 is 17.2 Å². The Bertz CT molecular complexity index is 868. The molecule has 3 rings (SSSR count). The molecule has 0 bridgehead atoms. The van der Waals surface area contributed by atoms with E-state index >= 15 is 0 Å². The first kappa shape index (κ1) is 19.2. The molecule has 1 aliphatic heterocycles. The first-order chi connectivity index (χ1) is 11.4. The van der Waals surface area contributed by atoms with Crippen LogP contribution in [0.2, 0.25) is 0 Å². The molecular weight excluding hydrogens is 349 g/mol. The zero-order chi connectivity index (χ0) is 17.4. The van der Waals surface area contributed by atoms with Crippen LogP contribution in [-0.4, -0.2) is 41.3 Å². The van der Waals surface area contributed by atoms with E-state index in [-0.39, 0.29) is 29.4 Å². The molecule has 1 unspecified atom stereocenters. The fourth-order valence-corrected chi connectivity index (χ4v) is 3.21. The zero-order valence-corrected chi connectivity index (χ0v) is 14.9. The number of aromatic nitrogens is 1. The summed E-state index contributed by atoms with van der Waals surface area (Å²) >= 11 is 0. The average molecular weight is 370 g/mol. The van der Waals surface area contributed by atoms with Crippen molar-refractivity contribution >= 4 is 35.0 Å². The molecule has 0 saturated carbocycles. The van der Waals surface area contributed by atoms with Crippen LogP contribution in [0.15, 0.2) is 23.1 Å². The molecule has 8 heteroatoms. The highest BCUT2D eigenvalue weighted by atomic mass is 35.5. The molecule has 1 fully saturated rings. The first-order valence-corrected chi connectivity index (χ1v) is 8.00. The third-order valence-corrected chi connectivity index (χ3v) is 4.43. The first-order valence-electron chi connectivity index (χ1n) is 8.00. The second kappa shape index (κ2) is 7.41. The van der Waals surface area contributed by atoms with Crippen LogP contribution in [0.3, 0.4) is 0 Å². The minimum atomic E-state index is -1.30. The van der Waals surface area contributed by atoms with Crippen molar-refractivity contribution < 1.29 is 14.3 Å². The van der Waals surface area contributed by atoms with E-state index in [0.29, 0.717) is 30.8 Å². The number of anilines is 1. The smallest absolute Gasteiger partial charge is 0.341 e. The molecule has 0 amide bonds. The Hall–Kier alpha value is -2.12. The molecule has 1 atom stereocenters. The number of aryl methyl sites for hydroxylation is 1. The van der Waals surface area contributed by atoms with Gasteiger partial charge in [-0.05, 0) is 26.0 Å². The number of piperazine rings is 1. The minimum Gasteiger partial charge on any atom is -0.477 e. The van der Waals surface area contributed by atoms with Gasteiger partial charge in [-0.2, -0.15) is 0 Å². The number of nitrogens with zero attached hydrogens (tertiary/aromatic N) is 2. The molecule has 0 aliphatic carbocycles. The highest BCUT2D eigenvalue weighted by Gasteiger charge is 2.22. The largest absolute Gasteiger partial charge is 0.477 e. The Morgan fingerprint density at radius 1 is 1.44 bits per heavy atom. The number of aromatic carboxylic acids is 1. The Morgan fingerprint density at radius 3 is 2.76 bits per heavy atom. The van der Waals surface area contributed by atoms with E-state index in [0.717, 1.165) is 12.6 Å². The lowest BCUT2D eigenvalue weighted by atomic mass is 10.1. The van der Waals surface area contributed by atoms with Crippen molar-refractivity contribution in [2.24, 2.45) is 0 Å². The standard InChI is InChI=1S/C17H20FN3O3.ClH/c1-3-20-9-12(17(23)24)16(22)11-6-13(18)15(7-14(11)20)21-5-4-19-10(2)8-21;/h6-7,9-10,19H,3-5,8H2,1-2H3,(H,23,24);1H. The van der Waals surface area contributed by atoms with Gasteiger partial charge in [0.15, 0.2) is 0 Å². The Kier molecular flexibility index (Phi) is 5.69. The van der Waals surface area contributed by atoms with Gasteiger partial charge in [0.05, 0.1) is 11.2 Å². The van der Waals surface area contributed by atoms with Crippen molar-refractivity contribution in [2.45, 2.75) is 26.4 Å². The summed E-state index contributed by atoms with van der Waals surface area (Å²) in [6.07, 6.45) is 1.33. The second-order valence-electron chi connectivity index (χ2n) is 6.09. The van der Waals surface area contributed by atoms with Crippen LogP contribution < -0.4 is 15.6 Å². The zero-order valence-electron chi connectivity index (χ0n) is 14.1. The van der Waals surface area contributed by atoms with Gasteiger partial charge in [-0.15, -0.1) is 12.4 Å². The predicted octanol–water partition coefficient (Wildman–Crippen LogP) is 2.08. The quantitative estimate of drug-likeness (QED) is 0.866. The summed E-state index contributed by atoms with van der Waals surface area (Å²) in [7, 11) is 0. The van der Waals surface area contributed by atoms with E-state index in [4.69, 9.17) is 0 Å². The number of hydrogen-bond donors (Lipinski definition) is 2. The third-order valence-electron chi connectivity index (χ3n) is 4.43. The highest BCUT2D eigenvalue weighted by molar-refractivity contribution is 5.93. The van der Waals surface area contributed by atoms with Crippen LogP contribution in [0.5, 0.6) is 0 Å². The summed E-state index contributed by atoms with van der Waals surface area (Å²) in [6.45, 7) is 6.48. The van der Waals surface area contributed by atoms with Gasteiger partial charge in [0, 0.05) is 43.8 Å². The van der Waals surface area contributed by atoms with E-state index in [1.54, 1.807) is 10.6 Å². The summed E-state index contributed by atoms with van der Waals surface area (Å²) in [5.41, 5.74) is 0.00392. The van der Waals surface area contributed by atoms with E-state index in [9.17, 15) is 19.1 Å². The molecule has 2 heterocycles. The monoisotopic (exact) mass is 369 g/mol. The molecule has 1 aromatic heterocycles. The Morgan fingerprint density at radius 2 is 2.16 bits per heavy atom. The average Bonchev–Trinajstić information content (AvgIpc) is 2.55. The number of pyridine rings is 1. The van der Waals surface area contributed by atoms with Gasteiger partial charge < -0.3 is 19.9 Å². The van der Waals surface area contributed by atoms with Gasteiger partial charge in [0.25, 0.3) is 0 Å². The molecule has 0 spiro atoms. The number of hydrogen-bond acceptors (Lipinski definition) is 4. The lowest BCUT2D eigenvalue weighted by molar-refractivity contribution is 0.0695. The van der Waals surface area contributed by atoms with Crippen LogP contribution in [0.4, 0.5) is 10.1 Å². The molecule has 1 aliphatic rings. The number of halogens is 2. The van der Waals surface area contributed by atoms with Gasteiger partial charge in [0.1, 0.15) is 11.4 Å². The molecule has 1 aromatic carbocycles. The SMILES string of the molecule is CCn1cc(C(=O)O)c(=O)c2cc(F)c(N3CCNC(C)C3)cc21.Cl. The van der Waals surface area contributed by atoms with Gasteiger partial charge in [-0.1, -0.05) is 0 Å². The van der Waals surface area contributed by atoms with Crippen LogP contribution >= 0.6 is 12.4 Å². The van der Waals surface area contributed by atoms with E-state index in [1.165, 1.54) is 6.20 Å². The predicted molar refractivity (Wildman–Crippen MR) is 97.7 cm³/mol. The lowest BCUT2D eigenvalue weighted by Gasteiger charge is -2.34. The number of carboxylic acids is 1. The van der Waals surface area contributed by atoms with Crippen molar-refractivity contribution in [3.8, 4) is 0 Å². The van der Waals surface area contributed by atoms with Crippen molar-refractivity contribution in [3.63, 3.8) is 0 Å². The number of nitrogens with one attached hydrogen (secondary N) is 1. The third kappa shape index (κ3) is 3.48. The Labute approximate surface area is 150 Å². The van der Waals surface area contributed by atoms with Crippen molar-refractivity contribution in [3.05, 3.63) is 39.9 Å².